The molecule has 0 bridgehead atoms. The molecule has 0 heterocycles. The van der Waals surface area contributed by atoms with Crippen LogP contribution in [0.25, 0.3) is 10.8 Å². The molecule has 0 aliphatic carbocycles. The molecule has 0 amide bonds. The Balaban J connectivity index is 2.42. The van der Waals surface area contributed by atoms with Gasteiger partial charge in [-0.15, -0.1) is 4.91 Å². The Kier molecular flexibility index (Phi) is 3.16. The maximum absolute atomic E-state index is 10.4. The summed E-state index contributed by atoms with van der Waals surface area (Å²) >= 11 is 0. The van der Waals surface area contributed by atoms with Crippen LogP contribution < -0.4 is 11.1 Å². The fourth-order valence-corrected chi connectivity index (χ4v) is 1.57. The Bertz CT molecular complexity index is 672. The second-order valence-electron chi connectivity index (χ2n) is 3.54. The molecule has 2 rings (SSSR count). The number of nitriles is 1. The topological polar surface area (TPSA) is 104 Å². The molecule has 0 fully saturated rings. The lowest BCUT2D eigenvalue weighted by atomic mass is 10.1. The number of nitroso groups, excluding NO2 is 1. The molecule has 0 saturated carbocycles. The van der Waals surface area contributed by atoms with Crippen molar-refractivity contribution in [3.63, 3.8) is 0 Å². The van der Waals surface area contributed by atoms with Crippen molar-refractivity contribution in [1.29, 1.82) is 5.26 Å². The lowest BCUT2D eigenvalue weighted by molar-refractivity contribution is 1.22. The zero-order valence-electron chi connectivity index (χ0n) is 9.29. The first-order valence-corrected chi connectivity index (χ1v) is 5.09. The van der Waals surface area contributed by atoms with Gasteiger partial charge in [0.1, 0.15) is 5.69 Å². The average Bonchev–Trinajstić information content (AvgIpc) is 2.38. The van der Waals surface area contributed by atoms with Crippen LogP contribution >= 0.6 is 0 Å². The summed E-state index contributed by atoms with van der Waals surface area (Å²) in [6.07, 6.45) is 1.69. The van der Waals surface area contributed by atoms with Gasteiger partial charge in [0.25, 0.3) is 0 Å². The minimum atomic E-state index is 0.0306. The fraction of sp³-hybridized carbons (Fsp3) is 0. The molecule has 6 nitrogen and oxygen atoms in total. The molecule has 0 aromatic heterocycles. The van der Waals surface area contributed by atoms with Crippen molar-refractivity contribution in [3.8, 4) is 6.19 Å². The molecule has 18 heavy (non-hydrogen) atoms. The van der Waals surface area contributed by atoms with Crippen molar-refractivity contribution in [3.05, 3.63) is 41.3 Å². The zero-order valence-corrected chi connectivity index (χ0v) is 9.29. The predicted molar refractivity (Wildman–Crippen MR) is 69.4 cm³/mol. The van der Waals surface area contributed by atoms with Crippen LogP contribution in [0.1, 0.15) is 0 Å². The minimum Gasteiger partial charge on any atom is -0.369 e. The van der Waals surface area contributed by atoms with E-state index in [4.69, 9.17) is 11.0 Å². The standard InChI is InChI=1S/C12H9N5O/c13-7-15-12(14)16-10-3-1-9-6-11(17-18)4-2-8(9)5-10/h1-6H,(H3,14,15,16). The van der Waals surface area contributed by atoms with Gasteiger partial charge in [0.05, 0.1) is 5.69 Å². The highest BCUT2D eigenvalue weighted by atomic mass is 16.3. The fourth-order valence-electron chi connectivity index (χ4n) is 1.57. The van der Waals surface area contributed by atoms with E-state index in [9.17, 15) is 4.91 Å². The predicted octanol–water partition coefficient (Wildman–Crippen LogP) is 2.25. The lowest BCUT2D eigenvalue weighted by Gasteiger charge is -2.01. The average molecular weight is 239 g/mol. The van der Waals surface area contributed by atoms with E-state index in [1.807, 2.05) is 6.07 Å². The van der Waals surface area contributed by atoms with Crippen LogP contribution in [0.2, 0.25) is 0 Å². The van der Waals surface area contributed by atoms with E-state index >= 15 is 0 Å². The summed E-state index contributed by atoms with van der Waals surface area (Å²) in [7, 11) is 0. The van der Waals surface area contributed by atoms with Gasteiger partial charge in [-0.05, 0) is 40.2 Å². The van der Waals surface area contributed by atoms with Crippen LogP contribution in [0.4, 0.5) is 11.4 Å². The monoisotopic (exact) mass is 239 g/mol. The number of fused-ring (bicyclic) bond motifs is 1. The largest absolute Gasteiger partial charge is 0.369 e. The van der Waals surface area contributed by atoms with Gasteiger partial charge in [0.2, 0.25) is 5.96 Å². The number of nitrogens with one attached hydrogen (secondary N) is 1. The molecule has 2 aromatic carbocycles. The third kappa shape index (κ3) is 2.41. The van der Waals surface area contributed by atoms with Crippen LogP contribution in [0, 0.1) is 16.4 Å². The van der Waals surface area contributed by atoms with Gasteiger partial charge in [0.15, 0.2) is 6.19 Å². The molecule has 0 atom stereocenters. The van der Waals surface area contributed by atoms with Crippen LogP contribution in [-0.4, -0.2) is 5.96 Å². The number of nitrogens with two attached hydrogens (primary N) is 1. The third-order valence-corrected chi connectivity index (χ3v) is 2.35. The molecular weight excluding hydrogens is 230 g/mol. The highest BCUT2D eigenvalue weighted by Crippen LogP contribution is 2.25. The molecule has 0 saturated heterocycles. The highest BCUT2D eigenvalue weighted by Gasteiger charge is 1.99. The van der Waals surface area contributed by atoms with Gasteiger partial charge in [0, 0.05) is 0 Å². The Hall–Kier alpha value is -2.94. The number of hydrogen-bond donors (Lipinski definition) is 2. The maximum Gasteiger partial charge on any atom is 0.207 e. The van der Waals surface area contributed by atoms with Crippen molar-refractivity contribution < 1.29 is 0 Å². The number of aliphatic imine (C=N–C) groups is 1. The van der Waals surface area contributed by atoms with Gasteiger partial charge in [-0.2, -0.15) is 5.26 Å². The Labute approximate surface area is 103 Å². The molecule has 6 heteroatoms. The third-order valence-electron chi connectivity index (χ3n) is 2.35. The van der Waals surface area contributed by atoms with E-state index in [1.165, 1.54) is 0 Å². The van der Waals surface area contributed by atoms with Gasteiger partial charge in [-0.3, -0.25) is 5.32 Å². The normalized spacial score (nSPS) is 10.9. The summed E-state index contributed by atoms with van der Waals surface area (Å²) in [5.41, 5.74) is 6.47. The summed E-state index contributed by atoms with van der Waals surface area (Å²) in [6.45, 7) is 0. The van der Waals surface area contributed by atoms with Gasteiger partial charge in [-0.25, -0.2) is 4.99 Å². The first-order valence-electron chi connectivity index (χ1n) is 5.09. The second-order valence-corrected chi connectivity index (χ2v) is 3.54. The Morgan fingerprint density at radius 1 is 1.17 bits per heavy atom. The molecule has 88 valence electrons. The molecule has 2 aromatic rings. The summed E-state index contributed by atoms with van der Waals surface area (Å²) < 4.78 is 0. The number of rotatable bonds is 2. The number of guanidine groups is 1. The number of nitrogens with zero attached hydrogens (tertiary/aromatic N) is 3. The van der Waals surface area contributed by atoms with E-state index in [1.54, 1.807) is 36.5 Å². The van der Waals surface area contributed by atoms with E-state index in [2.05, 4.69) is 15.5 Å². The molecule has 3 N–H and O–H groups in total. The molecule has 0 radical (unpaired) electrons. The Morgan fingerprint density at radius 2 is 1.78 bits per heavy atom. The maximum atomic E-state index is 10.4. The minimum absolute atomic E-state index is 0.0306. The van der Waals surface area contributed by atoms with E-state index in [0.717, 1.165) is 10.8 Å². The first-order chi connectivity index (χ1) is 8.72. The SMILES string of the molecule is N#CNC(N)=Nc1ccc2cc(N=O)ccc2c1. The zero-order chi connectivity index (χ0) is 13.0. The van der Waals surface area contributed by atoms with E-state index in [-0.39, 0.29) is 5.96 Å². The van der Waals surface area contributed by atoms with Crippen LogP contribution in [0.3, 0.4) is 0 Å². The highest BCUT2D eigenvalue weighted by molar-refractivity contribution is 5.89. The van der Waals surface area contributed by atoms with Crippen molar-refractivity contribution in [2.45, 2.75) is 0 Å². The van der Waals surface area contributed by atoms with Crippen molar-refractivity contribution >= 4 is 28.1 Å². The van der Waals surface area contributed by atoms with Crippen molar-refractivity contribution in [2.24, 2.45) is 15.9 Å². The van der Waals surface area contributed by atoms with Crippen LogP contribution in [-0.2, 0) is 0 Å². The Morgan fingerprint density at radius 3 is 2.39 bits per heavy atom. The first kappa shape index (κ1) is 11.5. The van der Waals surface area contributed by atoms with E-state index in [0.29, 0.717) is 11.4 Å². The smallest absolute Gasteiger partial charge is 0.207 e. The summed E-state index contributed by atoms with van der Waals surface area (Å²) in [6, 6.07) is 10.4. The molecule has 0 spiro atoms. The summed E-state index contributed by atoms with van der Waals surface area (Å²) in [5, 5.41) is 15.3. The number of benzene rings is 2. The quantitative estimate of drug-likeness (QED) is 0.276. The van der Waals surface area contributed by atoms with E-state index < -0.39 is 0 Å². The summed E-state index contributed by atoms with van der Waals surface area (Å²) in [5.74, 6) is 0.0306. The van der Waals surface area contributed by atoms with Crippen LogP contribution in [0.5, 0.6) is 0 Å². The number of hydrogen-bond acceptors (Lipinski definition) is 4. The molecule has 0 unspecified atom stereocenters. The van der Waals surface area contributed by atoms with Gasteiger partial charge in [-0.1, -0.05) is 12.1 Å². The molecule has 0 aliphatic heterocycles. The summed E-state index contributed by atoms with van der Waals surface area (Å²) in [4.78, 5) is 14.4. The van der Waals surface area contributed by atoms with Gasteiger partial charge < -0.3 is 5.73 Å². The van der Waals surface area contributed by atoms with Crippen molar-refractivity contribution in [1.82, 2.24) is 5.32 Å². The molecule has 0 aliphatic rings. The van der Waals surface area contributed by atoms with Crippen LogP contribution in [0.15, 0.2) is 46.6 Å². The van der Waals surface area contributed by atoms with Crippen molar-refractivity contribution in [2.75, 3.05) is 0 Å². The second kappa shape index (κ2) is 4.93. The molecular formula is C12H9N5O. The lowest BCUT2D eigenvalue weighted by Crippen LogP contribution is -2.26. The van der Waals surface area contributed by atoms with Gasteiger partial charge >= 0.3 is 0 Å².